The molecule has 0 saturated carbocycles. The van der Waals surface area contributed by atoms with E-state index in [1.165, 1.54) is 28.9 Å². The first-order chi connectivity index (χ1) is 20.4. The molecular weight excluding hydrogens is 765 g/mol. The lowest BCUT2D eigenvalue weighted by Crippen LogP contribution is -2.21. The molecule has 0 radical (unpaired) electrons. The first kappa shape index (κ1) is 28.0. The lowest BCUT2D eigenvalue weighted by atomic mass is 10.2. The van der Waals surface area contributed by atoms with Crippen LogP contribution in [0.1, 0.15) is 5.56 Å². The molecule has 11 heteroatoms. The third-order valence-electron chi connectivity index (χ3n) is 6.22. The molecule has 0 unspecified atom stereocenters. The highest BCUT2D eigenvalue weighted by Gasteiger charge is 2.17. The van der Waals surface area contributed by atoms with Gasteiger partial charge in [-0.3, -0.25) is 9.59 Å². The molecule has 0 saturated heterocycles. The van der Waals surface area contributed by atoms with Crippen LogP contribution in [0.3, 0.4) is 0 Å². The number of halogens is 3. The molecule has 2 aromatic heterocycles. The minimum Gasteiger partial charge on any atom is -0.482 e. The van der Waals surface area contributed by atoms with Crippen molar-refractivity contribution in [3.63, 3.8) is 0 Å². The molecule has 0 atom stereocenters. The highest BCUT2D eigenvalue weighted by molar-refractivity contribution is 14.1. The van der Waals surface area contributed by atoms with Crippen LogP contribution in [0.25, 0.3) is 33.5 Å². The highest BCUT2D eigenvalue weighted by Crippen LogP contribution is 2.29. The Bertz CT molecular complexity index is 2000. The maximum Gasteiger partial charge on any atom is 0.282 e. The molecule has 6 rings (SSSR count). The molecule has 0 fully saturated rings. The van der Waals surface area contributed by atoms with Crippen molar-refractivity contribution in [2.24, 2.45) is 5.10 Å². The molecule has 8 nitrogen and oxygen atoms in total. The molecule has 0 bridgehead atoms. The predicted octanol–water partition coefficient (Wildman–Crippen LogP) is 7.06. The second-order valence-corrected chi connectivity index (χ2v) is 11.4. The fraction of sp³-hybridized carbons (Fsp3) is 0.0323. The van der Waals surface area contributed by atoms with E-state index in [2.05, 4.69) is 55.6 Å². The number of para-hydroxylation sites is 2. The summed E-state index contributed by atoms with van der Waals surface area (Å²) >= 11 is 4.24. The van der Waals surface area contributed by atoms with Crippen molar-refractivity contribution < 1.29 is 18.3 Å². The molecule has 0 spiro atoms. The molecule has 4 aromatic carbocycles. The van der Waals surface area contributed by atoms with Gasteiger partial charge >= 0.3 is 0 Å². The Morgan fingerprint density at radius 2 is 1.71 bits per heavy atom. The third-order valence-corrected chi connectivity index (χ3v) is 7.82. The summed E-state index contributed by atoms with van der Waals surface area (Å²) in [5.41, 5.74) is 2.07. The number of ether oxygens (including phenoxy) is 1. The van der Waals surface area contributed by atoms with Gasteiger partial charge in [0.1, 0.15) is 17.1 Å². The Balaban J connectivity index is 1.28. The fourth-order valence-electron chi connectivity index (χ4n) is 4.27. The topological polar surface area (TPSA) is 98.7 Å². The van der Waals surface area contributed by atoms with Crippen LogP contribution in [0.2, 0.25) is 0 Å². The van der Waals surface area contributed by atoms with Gasteiger partial charge < -0.3 is 14.5 Å². The monoisotopic (exact) mass is 784 g/mol. The van der Waals surface area contributed by atoms with Crippen LogP contribution >= 0.6 is 45.2 Å². The first-order valence-electron chi connectivity index (χ1n) is 12.6. The molecule has 6 aromatic rings. The van der Waals surface area contributed by atoms with Crippen LogP contribution in [-0.4, -0.2) is 28.4 Å². The zero-order valence-corrected chi connectivity index (χ0v) is 25.9. The van der Waals surface area contributed by atoms with Crippen LogP contribution in [0.4, 0.5) is 10.1 Å². The number of nitrogens with zero attached hydrogens (tertiary/aromatic N) is 3. The van der Waals surface area contributed by atoms with Crippen LogP contribution in [0.15, 0.2) is 105 Å². The van der Waals surface area contributed by atoms with Crippen molar-refractivity contribution in [2.45, 2.75) is 0 Å². The van der Waals surface area contributed by atoms with E-state index in [4.69, 9.17) is 14.1 Å². The molecule has 0 aliphatic rings. The van der Waals surface area contributed by atoms with Crippen molar-refractivity contribution in [1.82, 2.24) is 9.66 Å². The predicted molar refractivity (Wildman–Crippen MR) is 177 cm³/mol. The minimum absolute atomic E-state index is 0.226. The van der Waals surface area contributed by atoms with Crippen LogP contribution in [0.5, 0.6) is 5.75 Å². The quantitative estimate of drug-likeness (QED) is 0.138. The lowest BCUT2D eigenvalue weighted by Gasteiger charge is -2.12. The summed E-state index contributed by atoms with van der Waals surface area (Å²) in [4.78, 5) is 30.6. The van der Waals surface area contributed by atoms with Gasteiger partial charge in [0.25, 0.3) is 11.5 Å². The van der Waals surface area contributed by atoms with Gasteiger partial charge in [-0.05, 0) is 111 Å². The number of furan rings is 1. The molecule has 0 aliphatic carbocycles. The van der Waals surface area contributed by atoms with E-state index in [9.17, 15) is 14.0 Å². The minimum atomic E-state index is -0.385. The van der Waals surface area contributed by atoms with Gasteiger partial charge in [-0.2, -0.15) is 9.78 Å². The van der Waals surface area contributed by atoms with Gasteiger partial charge in [-0.25, -0.2) is 9.37 Å². The molecule has 1 N–H and O–H groups in total. The lowest BCUT2D eigenvalue weighted by molar-refractivity contribution is -0.118. The van der Waals surface area contributed by atoms with Crippen molar-refractivity contribution in [2.75, 3.05) is 11.9 Å². The number of fused-ring (bicyclic) bond motifs is 2. The van der Waals surface area contributed by atoms with E-state index >= 15 is 0 Å². The molecule has 42 heavy (non-hydrogen) atoms. The van der Waals surface area contributed by atoms with Gasteiger partial charge in [0, 0.05) is 11.1 Å². The zero-order chi connectivity index (χ0) is 29.2. The summed E-state index contributed by atoms with van der Waals surface area (Å²) in [5, 5.41) is 8.52. The van der Waals surface area contributed by atoms with Gasteiger partial charge in [0.2, 0.25) is 5.82 Å². The van der Waals surface area contributed by atoms with Crippen molar-refractivity contribution in [3.05, 3.63) is 120 Å². The maximum absolute atomic E-state index is 13.5. The molecule has 208 valence electrons. The summed E-state index contributed by atoms with van der Waals surface area (Å²) in [6.45, 7) is -0.226. The van der Waals surface area contributed by atoms with Crippen molar-refractivity contribution >= 4 is 84.9 Å². The van der Waals surface area contributed by atoms with E-state index in [1.54, 1.807) is 24.4 Å². The highest BCUT2D eigenvalue weighted by atomic mass is 127. The average Bonchev–Trinajstić information content (AvgIpc) is 3.42. The van der Waals surface area contributed by atoms with Gasteiger partial charge in [0.15, 0.2) is 12.4 Å². The number of anilines is 1. The number of carbonyl (C=O) groups excluding carboxylic acids is 1. The first-order valence-corrected chi connectivity index (χ1v) is 14.7. The number of hydrogen-bond acceptors (Lipinski definition) is 6. The van der Waals surface area contributed by atoms with Gasteiger partial charge in [0.05, 0.1) is 24.3 Å². The van der Waals surface area contributed by atoms with E-state index in [-0.39, 0.29) is 29.7 Å². The summed E-state index contributed by atoms with van der Waals surface area (Å²) < 4.78 is 27.7. The fourth-order valence-corrected chi connectivity index (χ4v) is 6.39. The Morgan fingerprint density at radius 3 is 2.48 bits per heavy atom. The zero-order valence-electron chi connectivity index (χ0n) is 21.6. The Morgan fingerprint density at radius 1 is 1.00 bits per heavy atom. The standard InChI is InChI=1S/C31H19FI2N4O4/c32-20-9-11-21(12-10-20)36-28(39)17-41-29-23(33)13-18(14-24(29)34)16-35-38-30(27-15-19-5-1-4-8-26(19)42-27)37-25-7-3-2-6-22(25)31(38)40/h1-16H,17H2,(H,36,39). The van der Waals surface area contributed by atoms with Gasteiger partial charge in [-0.15, -0.1) is 0 Å². The molecule has 2 heterocycles. The third kappa shape index (κ3) is 5.92. The van der Waals surface area contributed by atoms with Gasteiger partial charge in [-0.1, -0.05) is 30.3 Å². The van der Waals surface area contributed by atoms with Crippen LogP contribution in [0, 0.1) is 13.0 Å². The SMILES string of the molecule is O=C(COc1c(I)cc(C=Nn2c(-c3cc4ccccc4o3)nc3ccccc3c2=O)cc1I)Nc1ccc(F)cc1. The molecule has 1 amide bonds. The van der Waals surface area contributed by atoms with Crippen molar-refractivity contribution in [1.29, 1.82) is 0 Å². The Labute approximate surface area is 265 Å². The van der Waals surface area contributed by atoms with E-state index < -0.39 is 0 Å². The number of carbonyl (C=O) groups is 1. The number of aromatic nitrogens is 2. The Kier molecular flexibility index (Phi) is 8.02. The van der Waals surface area contributed by atoms with Crippen molar-refractivity contribution in [3.8, 4) is 17.3 Å². The average molecular weight is 784 g/mol. The molecule has 0 aliphatic heterocycles. The van der Waals surface area contributed by atoms with Crippen LogP contribution in [-0.2, 0) is 4.79 Å². The number of hydrogen-bond donors (Lipinski definition) is 1. The normalized spacial score (nSPS) is 11.4. The van der Waals surface area contributed by atoms with E-state index in [0.717, 1.165) is 12.5 Å². The number of benzene rings is 4. The second kappa shape index (κ2) is 12.0. The van der Waals surface area contributed by atoms with E-state index in [0.29, 0.717) is 39.2 Å². The summed E-state index contributed by atoms with van der Waals surface area (Å²) in [5.74, 6) is 0.477. The summed E-state index contributed by atoms with van der Waals surface area (Å²) in [6, 6.07) is 25.7. The largest absolute Gasteiger partial charge is 0.482 e. The summed E-state index contributed by atoms with van der Waals surface area (Å²) in [6.07, 6.45) is 1.57. The number of rotatable bonds is 7. The second-order valence-electron chi connectivity index (χ2n) is 9.12. The number of nitrogens with one attached hydrogen (secondary N) is 1. The maximum atomic E-state index is 13.5. The van der Waals surface area contributed by atoms with Crippen LogP contribution < -0.4 is 15.6 Å². The smallest absolute Gasteiger partial charge is 0.282 e. The Hall–Kier alpha value is -4.11. The van der Waals surface area contributed by atoms with E-state index in [1.807, 2.05) is 48.5 Å². The summed E-state index contributed by atoms with van der Waals surface area (Å²) in [7, 11) is 0. The molecular formula is C31H19FI2N4O4. The number of amides is 1.